The maximum Gasteiger partial charge on any atom is 0.324 e. The molecule has 1 unspecified atom stereocenters. The highest BCUT2D eigenvalue weighted by molar-refractivity contribution is 7.89. The van der Waals surface area contributed by atoms with Gasteiger partial charge in [-0.1, -0.05) is 19.3 Å². The van der Waals surface area contributed by atoms with Crippen LogP contribution in [-0.4, -0.2) is 45.1 Å². The van der Waals surface area contributed by atoms with Gasteiger partial charge in [-0.3, -0.25) is 9.59 Å². The molecule has 1 aromatic carbocycles. The third kappa shape index (κ3) is 5.93. The molecule has 0 radical (unpaired) electrons. The number of benzene rings is 1. The van der Waals surface area contributed by atoms with Gasteiger partial charge in [-0.05, 0) is 51.0 Å². The Kier molecular flexibility index (Phi) is 7.81. The third-order valence-electron chi connectivity index (χ3n) is 5.00. The second-order valence-electron chi connectivity index (χ2n) is 7.34. The zero-order valence-electron chi connectivity index (χ0n) is 17.3. The number of carbonyl (C=O) groups excluding carboxylic acids is 2. The van der Waals surface area contributed by atoms with E-state index in [9.17, 15) is 23.3 Å². The van der Waals surface area contributed by atoms with Crippen LogP contribution >= 0.6 is 0 Å². The Morgan fingerprint density at radius 3 is 2.27 bits per heavy atom. The van der Waals surface area contributed by atoms with Crippen molar-refractivity contribution in [1.82, 2.24) is 10.0 Å². The molecule has 10 heteroatoms. The van der Waals surface area contributed by atoms with E-state index in [4.69, 9.17) is 9.47 Å². The number of rotatable bonds is 8. The molecule has 30 heavy (non-hydrogen) atoms. The highest BCUT2D eigenvalue weighted by Crippen LogP contribution is 2.27. The first-order valence-corrected chi connectivity index (χ1v) is 11.2. The van der Waals surface area contributed by atoms with Gasteiger partial charge in [0.05, 0.1) is 18.1 Å². The molecule has 1 aliphatic rings. The maximum absolute atomic E-state index is 12.4. The molecule has 0 spiro atoms. The molecule has 1 aromatic rings. The molecular weight excluding hydrogens is 410 g/mol. The Morgan fingerprint density at radius 2 is 1.73 bits per heavy atom. The summed E-state index contributed by atoms with van der Waals surface area (Å²) in [6, 6.07) is 6.62. The Balaban J connectivity index is 1.95. The standard InChI is InChI=1S/C20H27N3O6S/c1-14(23-30(26,27)17-9-7-16(28-3)8-10-17)19(25)29-15(2)18(24)22-20(13-21)11-5-4-6-12-20/h7-10,14-15,23H,4-6,11-12H2,1-3H3,(H,22,24)/t14-,15?/m0/s1. The summed E-state index contributed by atoms with van der Waals surface area (Å²) in [5, 5.41) is 12.1. The lowest BCUT2D eigenvalue weighted by Gasteiger charge is -2.32. The van der Waals surface area contributed by atoms with Crippen molar-refractivity contribution >= 4 is 21.9 Å². The van der Waals surface area contributed by atoms with Crippen LogP contribution in [0.5, 0.6) is 5.75 Å². The maximum atomic E-state index is 12.4. The average Bonchev–Trinajstić information content (AvgIpc) is 2.73. The number of esters is 1. The van der Waals surface area contributed by atoms with E-state index in [1.165, 1.54) is 45.2 Å². The van der Waals surface area contributed by atoms with Crippen molar-refractivity contribution in [2.45, 2.75) is 68.5 Å². The molecule has 0 saturated heterocycles. The lowest BCUT2D eigenvalue weighted by Crippen LogP contribution is -2.52. The summed E-state index contributed by atoms with van der Waals surface area (Å²) < 4.78 is 37.2. The van der Waals surface area contributed by atoms with E-state index in [1.807, 2.05) is 0 Å². The molecule has 1 saturated carbocycles. The molecule has 1 aliphatic carbocycles. The summed E-state index contributed by atoms with van der Waals surface area (Å²) in [6.45, 7) is 2.71. The third-order valence-corrected chi connectivity index (χ3v) is 6.56. The first-order chi connectivity index (χ1) is 14.1. The number of hydrogen-bond acceptors (Lipinski definition) is 7. The van der Waals surface area contributed by atoms with Crippen LogP contribution < -0.4 is 14.8 Å². The van der Waals surface area contributed by atoms with E-state index >= 15 is 0 Å². The minimum Gasteiger partial charge on any atom is -0.497 e. The molecule has 0 heterocycles. The zero-order chi connectivity index (χ0) is 22.4. The number of hydrogen-bond donors (Lipinski definition) is 2. The van der Waals surface area contributed by atoms with Crippen LogP contribution in [0.4, 0.5) is 0 Å². The van der Waals surface area contributed by atoms with Crippen LogP contribution in [0.15, 0.2) is 29.2 Å². The topological polar surface area (TPSA) is 135 Å². The molecule has 0 aliphatic heterocycles. The SMILES string of the molecule is COc1ccc(S(=O)(=O)N[C@@H](C)C(=O)OC(C)C(=O)NC2(C#N)CCCCC2)cc1. The zero-order valence-corrected chi connectivity index (χ0v) is 18.1. The number of ether oxygens (including phenoxy) is 2. The molecule has 1 amide bonds. The molecule has 0 bridgehead atoms. The summed E-state index contributed by atoms with van der Waals surface area (Å²) >= 11 is 0. The van der Waals surface area contributed by atoms with Crippen molar-refractivity contribution in [1.29, 1.82) is 5.26 Å². The largest absolute Gasteiger partial charge is 0.497 e. The predicted molar refractivity (Wildman–Crippen MR) is 108 cm³/mol. The van der Waals surface area contributed by atoms with Crippen molar-refractivity contribution in [2.24, 2.45) is 0 Å². The summed E-state index contributed by atoms with van der Waals surface area (Å²) in [5.41, 5.74) is -0.947. The van der Waals surface area contributed by atoms with Crippen LogP contribution in [-0.2, 0) is 24.3 Å². The summed E-state index contributed by atoms with van der Waals surface area (Å²) in [6.07, 6.45) is 2.62. The molecule has 9 nitrogen and oxygen atoms in total. The van der Waals surface area contributed by atoms with E-state index in [2.05, 4.69) is 16.1 Å². The monoisotopic (exact) mass is 437 g/mol. The van der Waals surface area contributed by atoms with E-state index in [0.29, 0.717) is 18.6 Å². The highest BCUT2D eigenvalue weighted by Gasteiger charge is 2.36. The van der Waals surface area contributed by atoms with Gasteiger partial charge in [-0.25, -0.2) is 8.42 Å². The quantitative estimate of drug-likeness (QED) is 0.590. The molecule has 164 valence electrons. The molecule has 0 aromatic heterocycles. The summed E-state index contributed by atoms with van der Waals surface area (Å²) in [7, 11) is -2.51. The van der Waals surface area contributed by atoms with Crippen molar-refractivity contribution < 1.29 is 27.5 Å². The first kappa shape index (κ1) is 23.6. The van der Waals surface area contributed by atoms with Crippen LogP contribution in [0.2, 0.25) is 0 Å². The van der Waals surface area contributed by atoms with Crippen LogP contribution in [0.1, 0.15) is 46.0 Å². The molecule has 2 rings (SSSR count). The Hall–Kier alpha value is -2.64. The number of methoxy groups -OCH3 is 1. The van der Waals surface area contributed by atoms with Gasteiger partial charge < -0.3 is 14.8 Å². The van der Waals surface area contributed by atoms with E-state index in [0.717, 1.165) is 19.3 Å². The molecular formula is C20H27N3O6S. The van der Waals surface area contributed by atoms with Crippen LogP contribution in [0.25, 0.3) is 0 Å². The highest BCUT2D eigenvalue weighted by atomic mass is 32.2. The Bertz CT molecular complexity index is 901. The molecule has 2 N–H and O–H groups in total. The van der Waals surface area contributed by atoms with E-state index in [1.54, 1.807) is 0 Å². The van der Waals surface area contributed by atoms with Crippen molar-refractivity contribution in [3.8, 4) is 11.8 Å². The minimum atomic E-state index is -3.97. The lowest BCUT2D eigenvalue weighted by molar-refractivity contribution is -0.156. The van der Waals surface area contributed by atoms with E-state index < -0.39 is 39.6 Å². The number of nitriles is 1. The molecule has 1 fully saturated rings. The number of carbonyl (C=O) groups is 2. The number of amides is 1. The van der Waals surface area contributed by atoms with Gasteiger partial charge in [0.25, 0.3) is 5.91 Å². The van der Waals surface area contributed by atoms with Crippen LogP contribution in [0.3, 0.4) is 0 Å². The van der Waals surface area contributed by atoms with Crippen molar-refractivity contribution in [3.05, 3.63) is 24.3 Å². The fraction of sp³-hybridized carbons (Fsp3) is 0.550. The normalized spacial score (nSPS) is 17.8. The van der Waals surface area contributed by atoms with Gasteiger partial charge in [-0.2, -0.15) is 9.98 Å². The lowest BCUT2D eigenvalue weighted by atomic mass is 9.83. The van der Waals surface area contributed by atoms with Gasteiger partial charge >= 0.3 is 5.97 Å². The second-order valence-corrected chi connectivity index (χ2v) is 9.06. The van der Waals surface area contributed by atoms with Gasteiger partial charge in [-0.15, -0.1) is 0 Å². The van der Waals surface area contributed by atoms with E-state index in [-0.39, 0.29) is 4.90 Å². The average molecular weight is 438 g/mol. The Morgan fingerprint density at radius 1 is 1.13 bits per heavy atom. The number of nitrogens with one attached hydrogen (secondary N) is 2. The van der Waals surface area contributed by atoms with Crippen LogP contribution in [0, 0.1) is 11.3 Å². The fourth-order valence-corrected chi connectivity index (χ4v) is 4.38. The number of sulfonamides is 1. The van der Waals surface area contributed by atoms with Gasteiger partial charge in [0.2, 0.25) is 10.0 Å². The molecule has 2 atom stereocenters. The van der Waals surface area contributed by atoms with Crippen molar-refractivity contribution in [2.75, 3.05) is 7.11 Å². The number of nitrogens with zero attached hydrogens (tertiary/aromatic N) is 1. The summed E-state index contributed by atoms with van der Waals surface area (Å²) in [4.78, 5) is 24.7. The first-order valence-electron chi connectivity index (χ1n) is 9.72. The van der Waals surface area contributed by atoms with Gasteiger partial charge in [0.15, 0.2) is 6.10 Å². The van der Waals surface area contributed by atoms with Crippen molar-refractivity contribution in [3.63, 3.8) is 0 Å². The summed E-state index contributed by atoms with van der Waals surface area (Å²) in [5.74, 6) is -0.990. The minimum absolute atomic E-state index is 0.0398. The predicted octanol–water partition coefficient (Wildman–Crippen LogP) is 1.64. The van der Waals surface area contributed by atoms with Gasteiger partial charge in [0, 0.05) is 0 Å². The fourth-order valence-electron chi connectivity index (χ4n) is 3.19. The van der Waals surface area contributed by atoms with Gasteiger partial charge in [0.1, 0.15) is 17.3 Å². The second kappa shape index (κ2) is 9.91. The smallest absolute Gasteiger partial charge is 0.324 e. The Labute approximate surface area is 176 Å².